The van der Waals surface area contributed by atoms with E-state index in [1.54, 1.807) is 0 Å². The largest absolute Gasteiger partial charge is 0.395 e. The topological polar surface area (TPSA) is 35.8 Å². The van der Waals surface area contributed by atoms with Crippen LogP contribution in [0, 0.1) is 0 Å². The molecule has 1 heterocycles. The number of unbranched alkanes of at least 4 members (excludes halogenated alkanes) is 8. The zero-order chi connectivity index (χ0) is 14.5. The molecule has 0 radical (unpaired) electrons. The number of rotatable bonds is 12. The molecule has 0 amide bonds. The van der Waals surface area contributed by atoms with Gasteiger partial charge < -0.3 is 10.0 Å². The first-order valence-electron chi connectivity index (χ1n) is 8.77. The second-order valence-electron chi connectivity index (χ2n) is 5.94. The lowest BCUT2D eigenvalue weighted by Gasteiger charge is -2.28. The predicted molar refractivity (Wildman–Crippen MR) is 87.4 cm³/mol. The molecule has 1 N–H and O–H groups in total. The number of nitrogens with zero attached hydrogens (tertiary/aromatic N) is 2. The average Bonchev–Trinajstić information content (AvgIpc) is 2.47. The van der Waals surface area contributed by atoms with Crippen molar-refractivity contribution >= 4 is 5.84 Å². The third kappa shape index (κ3) is 7.88. The minimum Gasteiger partial charge on any atom is -0.395 e. The van der Waals surface area contributed by atoms with Gasteiger partial charge in [0.2, 0.25) is 0 Å². The number of hydrogen-bond acceptors (Lipinski definition) is 3. The first-order chi connectivity index (χ1) is 9.88. The fourth-order valence-corrected chi connectivity index (χ4v) is 2.89. The van der Waals surface area contributed by atoms with Crippen molar-refractivity contribution in [2.24, 2.45) is 4.99 Å². The van der Waals surface area contributed by atoms with Crippen molar-refractivity contribution in [3.05, 3.63) is 0 Å². The van der Waals surface area contributed by atoms with Crippen molar-refractivity contribution in [3.63, 3.8) is 0 Å². The van der Waals surface area contributed by atoms with Crippen LogP contribution in [0.2, 0.25) is 0 Å². The maximum absolute atomic E-state index is 9.07. The van der Waals surface area contributed by atoms with E-state index in [9.17, 15) is 0 Å². The van der Waals surface area contributed by atoms with Crippen molar-refractivity contribution in [2.75, 3.05) is 26.2 Å². The van der Waals surface area contributed by atoms with Crippen LogP contribution in [-0.2, 0) is 0 Å². The lowest BCUT2D eigenvalue weighted by molar-refractivity contribution is 0.243. The zero-order valence-electron chi connectivity index (χ0n) is 13.4. The molecule has 0 atom stereocenters. The van der Waals surface area contributed by atoms with Crippen molar-refractivity contribution in [2.45, 2.75) is 77.6 Å². The van der Waals surface area contributed by atoms with Crippen LogP contribution >= 0.6 is 0 Å². The third-order valence-corrected chi connectivity index (χ3v) is 4.12. The average molecular weight is 282 g/mol. The van der Waals surface area contributed by atoms with Gasteiger partial charge in [0.15, 0.2) is 0 Å². The van der Waals surface area contributed by atoms with Crippen LogP contribution in [0.1, 0.15) is 77.6 Å². The minimum atomic E-state index is 0.247. The summed E-state index contributed by atoms with van der Waals surface area (Å²) < 4.78 is 0. The van der Waals surface area contributed by atoms with E-state index in [0.717, 1.165) is 32.5 Å². The molecule has 0 bridgehead atoms. The summed E-state index contributed by atoms with van der Waals surface area (Å²) in [6.45, 7) is 5.34. The lowest BCUT2D eigenvalue weighted by atomic mass is 10.1. The predicted octanol–water partition coefficient (Wildman–Crippen LogP) is 4.00. The maximum Gasteiger partial charge on any atom is 0.0989 e. The Bertz CT molecular complexity index is 253. The summed E-state index contributed by atoms with van der Waals surface area (Å²) in [6.07, 6.45) is 14.6. The van der Waals surface area contributed by atoms with Crippen molar-refractivity contribution < 1.29 is 5.11 Å². The van der Waals surface area contributed by atoms with Gasteiger partial charge in [-0.2, -0.15) is 0 Å². The molecule has 0 spiro atoms. The highest BCUT2D eigenvalue weighted by Crippen LogP contribution is 2.13. The third-order valence-electron chi connectivity index (χ3n) is 4.12. The van der Waals surface area contributed by atoms with Gasteiger partial charge in [0, 0.05) is 26.1 Å². The molecule has 118 valence electrons. The molecule has 0 aromatic heterocycles. The molecule has 1 aliphatic rings. The van der Waals surface area contributed by atoms with Gasteiger partial charge >= 0.3 is 0 Å². The Labute approximate surface area is 125 Å². The number of aliphatic hydroxyl groups is 1. The van der Waals surface area contributed by atoms with Gasteiger partial charge in [-0.1, -0.05) is 58.3 Å². The van der Waals surface area contributed by atoms with E-state index in [-0.39, 0.29) is 6.61 Å². The number of β-amino-alcohol motifs (C(OH)–C–C–N with tert-alkyl or cyclic N) is 1. The van der Waals surface area contributed by atoms with Crippen LogP contribution in [0.4, 0.5) is 0 Å². The Morgan fingerprint density at radius 3 is 2.30 bits per heavy atom. The Balaban J connectivity index is 1.98. The summed E-state index contributed by atoms with van der Waals surface area (Å²) in [7, 11) is 0. The molecular formula is C17H34N2O. The van der Waals surface area contributed by atoms with E-state index in [0.29, 0.717) is 0 Å². The van der Waals surface area contributed by atoms with Gasteiger partial charge in [-0.3, -0.25) is 4.99 Å². The first-order valence-corrected chi connectivity index (χ1v) is 8.77. The molecule has 0 saturated carbocycles. The summed E-state index contributed by atoms with van der Waals surface area (Å²) in [6, 6.07) is 0. The molecule has 20 heavy (non-hydrogen) atoms. The van der Waals surface area contributed by atoms with Gasteiger partial charge in [0.05, 0.1) is 12.4 Å². The first kappa shape index (κ1) is 17.5. The smallest absolute Gasteiger partial charge is 0.0989 e. The number of aliphatic hydroxyl groups excluding tert-OH is 1. The normalized spacial score (nSPS) is 15.5. The Hall–Kier alpha value is -0.570. The fraction of sp³-hybridized carbons (Fsp3) is 0.941. The number of amidine groups is 1. The zero-order valence-corrected chi connectivity index (χ0v) is 13.4. The molecule has 0 fully saturated rings. The molecule has 3 heteroatoms. The summed E-state index contributed by atoms with van der Waals surface area (Å²) in [4.78, 5) is 6.90. The molecule has 0 saturated heterocycles. The van der Waals surface area contributed by atoms with Gasteiger partial charge in [-0.05, 0) is 12.8 Å². The van der Waals surface area contributed by atoms with E-state index in [1.165, 1.54) is 63.6 Å². The molecule has 0 aliphatic carbocycles. The van der Waals surface area contributed by atoms with Crippen LogP contribution in [0.25, 0.3) is 0 Å². The van der Waals surface area contributed by atoms with Crippen molar-refractivity contribution in [3.8, 4) is 0 Å². The quantitative estimate of drug-likeness (QED) is 0.549. The van der Waals surface area contributed by atoms with E-state index >= 15 is 0 Å². The van der Waals surface area contributed by atoms with Gasteiger partial charge in [0.1, 0.15) is 0 Å². The Morgan fingerprint density at radius 2 is 1.65 bits per heavy atom. The van der Waals surface area contributed by atoms with E-state index < -0.39 is 0 Å². The molecule has 1 aliphatic heterocycles. The Kier molecular flexibility index (Phi) is 10.7. The van der Waals surface area contributed by atoms with Gasteiger partial charge in [0.25, 0.3) is 0 Å². The van der Waals surface area contributed by atoms with Crippen molar-refractivity contribution in [1.29, 1.82) is 0 Å². The number of hydrogen-bond donors (Lipinski definition) is 1. The highest BCUT2D eigenvalue weighted by Gasteiger charge is 2.13. The molecule has 0 aromatic carbocycles. The van der Waals surface area contributed by atoms with E-state index in [2.05, 4.69) is 16.8 Å². The summed E-state index contributed by atoms with van der Waals surface area (Å²) in [5, 5.41) is 9.07. The monoisotopic (exact) mass is 282 g/mol. The van der Waals surface area contributed by atoms with E-state index in [1.807, 2.05) is 0 Å². The van der Waals surface area contributed by atoms with Crippen LogP contribution < -0.4 is 0 Å². The SMILES string of the molecule is CCCCCCCCCCCC1=NCCCN1CCO. The Morgan fingerprint density at radius 1 is 1.00 bits per heavy atom. The maximum atomic E-state index is 9.07. The van der Waals surface area contributed by atoms with Crippen LogP contribution in [0.15, 0.2) is 4.99 Å². The second kappa shape index (κ2) is 12.2. The van der Waals surface area contributed by atoms with Crippen LogP contribution in [-0.4, -0.2) is 42.1 Å². The highest BCUT2D eigenvalue weighted by atomic mass is 16.3. The number of aliphatic imine (C=N–C) groups is 1. The summed E-state index contributed by atoms with van der Waals surface area (Å²) >= 11 is 0. The lowest BCUT2D eigenvalue weighted by Crippen LogP contribution is -2.37. The summed E-state index contributed by atoms with van der Waals surface area (Å²) in [5.41, 5.74) is 0. The molecule has 3 nitrogen and oxygen atoms in total. The van der Waals surface area contributed by atoms with Gasteiger partial charge in [-0.25, -0.2) is 0 Å². The van der Waals surface area contributed by atoms with Crippen LogP contribution in [0.3, 0.4) is 0 Å². The molecule has 0 aromatic rings. The van der Waals surface area contributed by atoms with Crippen LogP contribution in [0.5, 0.6) is 0 Å². The molecule has 1 rings (SSSR count). The minimum absolute atomic E-state index is 0.247. The molecular weight excluding hydrogens is 248 g/mol. The van der Waals surface area contributed by atoms with Crippen molar-refractivity contribution in [1.82, 2.24) is 4.90 Å². The van der Waals surface area contributed by atoms with Gasteiger partial charge in [-0.15, -0.1) is 0 Å². The fourth-order valence-electron chi connectivity index (χ4n) is 2.89. The summed E-state index contributed by atoms with van der Waals surface area (Å²) in [5.74, 6) is 1.24. The second-order valence-corrected chi connectivity index (χ2v) is 5.94. The highest BCUT2D eigenvalue weighted by molar-refractivity contribution is 5.82. The standard InChI is InChI=1S/C17H34N2O/c1-2-3-4-5-6-7-8-9-10-12-17-18-13-11-14-19(17)15-16-20/h20H,2-16H2,1H3. The van der Waals surface area contributed by atoms with E-state index in [4.69, 9.17) is 5.11 Å². The molecule has 0 unspecified atom stereocenters.